The molecule has 0 bridgehead atoms. The molecule has 0 saturated heterocycles. The van der Waals surface area contributed by atoms with Crippen molar-refractivity contribution in [1.29, 1.82) is 0 Å². The number of carbonyl (C=O) groups excluding carboxylic acids is 1. The van der Waals surface area contributed by atoms with Gasteiger partial charge in [0, 0.05) is 19.5 Å². The average molecular weight is 374 g/mol. The fourth-order valence-corrected chi connectivity index (χ4v) is 4.47. The van der Waals surface area contributed by atoms with Crippen LogP contribution >= 0.6 is 0 Å². The van der Waals surface area contributed by atoms with Crippen LogP contribution in [-0.4, -0.2) is 33.7 Å². The third-order valence-electron chi connectivity index (χ3n) is 4.42. The Hall–Kier alpha value is -2.54. The van der Waals surface area contributed by atoms with Gasteiger partial charge < -0.3 is 10.1 Å². The van der Waals surface area contributed by atoms with Crippen molar-refractivity contribution in [2.24, 2.45) is 0 Å². The van der Waals surface area contributed by atoms with E-state index in [2.05, 4.69) is 5.32 Å². The number of hydrogen-bond donors (Lipinski definition) is 1. The molecule has 0 saturated carbocycles. The van der Waals surface area contributed by atoms with Gasteiger partial charge >= 0.3 is 0 Å². The lowest BCUT2D eigenvalue weighted by atomic mass is 10.2. The Labute approximate surface area is 153 Å². The molecule has 2 aromatic carbocycles. The van der Waals surface area contributed by atoms with Crippen molar-refractivity contribution in [2.45, 2.75) is 19.4 Å². The molecule has 1 amide bonds. The molecular formula is C19H22N2O4S. The molecule has 1 aliphatic rings. The molecule has 2 aromatic rings. The quantitative estimate of drug-likeness (QED) is 0.805. The first-order chi connectivity index (χ1) is 12.5. The molecule has 26 heavy (non-hydrogen) atoms. The maximum absolute atomic E-state index is 12.6. The number of sulfonamides is 1. The molecule has 0 unspecified atom stereocenters. The van der Waals surface area contributed by atoms with Crippen LogP contribution < -0.4 is 14.4 Å². The number of rotatable bonds is 7. The Bertz CT molecular complexity index is 879. The maximum Gasteiger partial charge on any atom is 0.235 e. The van der Waals surface area contributed by atoms with Crippen LogP contribution in [0, 0.1) is 0 Å². The summed E-state index contributed by atoms with van der Waals surface area (Å²) in [6, 6.07) is 14.8. The van der Waals surface area contributed by atoms with Crippen molar-refractivity contribution in [1.82, 2.24) is 5.32 Å². The Morgan fingerprint density at radius 3 is 2.62 bits per heavy atom. The molecule has 3 rings (SSSR count). The first-order valence-corrected chi connectivity index (χ1v) is 10.1. The third-order valence-corrected chi connectivity index (χ3v) is 6.19. The fraction of sp³-hybridized carbons (Fsp3) is 0.316. The molecule has 6 nitrogen and oxygen atoms in total. The first kappa shape index (κ1) is 18.3. The van der Waals surface area contributed by atoms with E-state index >= 15 is 0 Å². The molecule has 1 heterocycles. The standard InChI is InChI=1S/C19H22N2O4S/c1-25-17-8-6-15(7-9-17)14-20-19(22)11-13-26(23,24)21-12-10-16-4-2-3-5-18(16)21/h2-9H,10-14H2,1H3,(H,20,22). The van der Waals surface area contributed by atoms with Gasteiger partial charge in [-0.05, 0) is 35.7 Å². The second-order valence-electron chi connectivity index (χ2n) is 6.14. The van der Waals surface area contributed by atoms with Crippen LogP contribution in [0.15, 0.2) is 48.5 Å². The molecular weight excluding hydrogens is 352 g/mol. The van der Waals surface area contributed by atoms with Crippen molar-refractivity contribution in [3.8, 4) is 5.75 Å². The van der Waals surface area contributed by atoms with E-state index in [-0.39, 0.29) is 18.1 Å². The van der Waals surface area contributed by atoms with Gasteiger partial charge in [-0.1, -0.05) is 30.3 Å². The Kier molecular flexibility index (Phi) is 5.46. The van der Waals surface area contributed by atoms with Gasteiger partial charge in [-0.15, -0.1) is 0 Å². The number of hydrogen-bond acceptors (Lipinski definition) is 4. The van der Waals surface area contributed by atoms with Gasteiger partial charge in [-0.25, -0.2) is 8.42 Å². The zero-order valence-electron chi connectivity index (χ0n) is 14.6. The van der Waals surface area contributed by atoms with Gasteiger partial charge in [0.1, 0.15) is 5.75 Å². The smallest absolute Gasteiger partial charge is 0.235 e. The van der Waals surface area contributed by atoms with Gasteiger partial charge in [0.25, 0.3) is 0 Å². The fourth-order valence-electron chi connectivity index (χ4n) is 2.96. The zero-order valence-corrected chi connectivity index (χ0v) is 15.5. The van der Waals surface area contributed by atoms with Crippen LogP contribution in [0.5, 0.6) is 5.75 Å². The monoisotopic (exact) mass is 374 g/mol. The molecule has 0 spiro atoms. The minimum atomic E-state index is -3.50. The number of benzene rings is 2. The Morgan fingerprint density at radius 1 is 1.15 bits per heavy atom. The van der Waals surface area contributed by atoms with Crippen LogP contribution in [0.2, 0.25) is 0 Å². The van der Waals surface area contributed by atoms with E-state index in [1.54, 1.807) is 7.11 Å². The van der Waals surface area contributed by atoms with Crippen molar-refractivity contribution < 1.29 is 17.9 Å². The second kappa shape index (κ2) is 7.78. The van der Waals surface area contributed by atoms with Gasteiger partial charge in [-0.2, -0.15) is 0 Å². The van der Waals surface area contributed by atoms with Crippen LogP contribution in [0.4, 0.5) is 5.69 Å². The minimum Gasteiger partial charge on any atom is -0.497 e. The number of nitrogens with one attached hydrogen (secondary N) is 1. The number of methoxy groups -OCH3 is 1. The summed E-state index contributed by atoms with van der Waals surface area (Å²) in [5.74, 6) is 0.268. The lowest BCUT2D eigenvalue weighted by molar-refractivity contribution is -0.120. The molecule has 0 fully saturated rings. The number of nitrogens with zero attached hydrogens (tertiary/aromatic N) is 1. The van der Waals surface area contributed by atoms with Crippen molar-refractivity contribution in [2.75, 3.05) is 23.7 Å². The summed E-state index contributed by atoms with van der Waals surface area (Å²) in [4.78, 5) is 12.0. The van der Waals surface area contributed by atoms with E-state index in [1.165, 1.54) is 4.31 Å². The van der Waals surface area contributed by atoms with Gasteiger partial charge in [0.2, 0.25) is 15.9 Å². The van der Waals surface area contributed by atoms with Gasteiger partial charge in [-0.3, -0.25) is 9.10 Å². The minimum absolute atomic E-state index is 0.0584. The highest BCUT2D eigenvalue weighted by Gasteiger charge is 2.29. The molecule has 138 valence electrons. The highest BCUT2D eigenvalue weighted by molar-refractivity contribution is 7.92. The number of carbonyl (C=O) groups is 1. The summed E-state index contributed by atoms with van der Waals surface area (Å²) in [5, 5.41) is 2.76. The SMILES string of the molecule is COc1ccc(CNC(=O)CCS(=O)(=O)N2CCc3ccccc32)cc1. The third kappa shape index (κ3) is 4.16. The molecule has 0 aliphatic carbocycles. The lowest BCUT2D eigenvalue weighted by Gasteiger charge is -2.19. The zero-order chi connectivity index (χ0) is 18.6. The van der Waals surface area contributed by atoms with Crippen molar-refractivity contribution in [3.05, 3.63) is 59.7 Å². The largest absolute Gasteiger partial charge is 0.497 e. The van der Waals surface area contributed by atoms with Crippen LogP contribution in [-0.2, 0) is 27.8 Å². The lowest BCUT2D eigenvalue weighted by Crippen LogP contribution is -2.34. The van der Waals surface area contributed by atoms with Crippen molar-refractivity contribution in [3.63, 3.8) is 0 Å². The summed E-state index contributed by atoms with van der Waals surface area (Å²) < 4.78 is 31.7. The average Bonchev–Trinajstić information content (AvgIpc) is 3.10. The van der Waals surface area contributed by atoms with Crippen LogP contribution in [0.3, 0.4) is 0 Å². The summed E-state index contributed by atoms with van der Waals surface area (Å²) in [6.07, 6.45) is 0.649. The van der Waals surface area contributed by atoms with E-state index in [0.717, 1.165) is 22.6 Å². The number of fused-ring (bicyclic) bond motifs is 1. The Balaban J connectivity index is 1.52. The van der Waals surface area contributed by atoms with E-state index < -0.39 is 10.0 Å². The van der Waals surface area contributed by atoms with Crippen LogP contribution in [0.25, 0.3) is 0 Å². The number of anilines is 1. The first-order valence-electron chi connectivity index (χ1n) is 8.47. The number of para-hydroxylation sites is 1. The predicted molar refractivity (Wildman–Crippen MR) is 101 cm³/mol. The van der Waals surface area contributed by atoms with Crippen LogP contribution in [0.1, 0.15) is 17.5 Å². The number of amides is 1. The number of ether oxygens (including phenoxy) is 1. The summed E-state index contributed by atoms with van der Waals surface area (Å²) in [6.45, 7) is 0.796. The molecule has 7 heteroatoms. The maximum atomic E-state index is 12.6. The van der Waals surface area contributed by atoms with E-state index in [4.69, 9.17) is 4.74 Å². The van der Waals surface area contributed by atoms with Crippen molar-refractivity contribution >= 4 is 21.6 Å². The van der Waals surface area contributed by atoms with Gasteiger partial charge in [0.05, 0.1) is 18.6 Å². The normalized spacial score (nSPS) is 13.3. The molecule has 1 aliphatic heterocycles. The molecule has 0 aromatic heterocycles. The molecule has 1 N–H and O–H groups in total. The topological polar surface area (TPSA) is 75.7 Å². The summed E-state index contributed by atoms with van der Waals surface area (Å²) >= 11 is 0. The van der Waals surface area contributed by atoms with E-state index in [9.17, 15) is 13.2 Å². The molecule has 0 radical (unpaired) electrons. The highest BCUT2D eigenvalue weighted by Crippen LogP contribution is 2.30. The highest BCUT2D eigenvalue weighted by atomic mass is 32.2. The predicted octanol–water partition coefficient (Wildman–Crippen LogP) is 2.09. The second-order valence-corrected chi connectivity index (χ2v) is 8.15. The van der Waals surface area contributed by atoms with E-state index in [1.807, 2.05) is 48.5 Å². The van der Waals surface area contributed by atoms with E-state index in [0.29, 0.717) is 19.5 Å². The van der Waals surface area contributed by atoms with Gasteiger partial charge in [0.15, 0.2) is 0 Å². The summed E-state index contributed by atoms with van der Waals surface area (Å²) in [5.41, 5.74) is 2.68. The summed E-state index contributed by atoms with van der Waals surface area (Å²) in [7, 11) is -1.91. The molecule has 0 atom stereocenters. The Morgan fingerprint density at radius 2 is 1.88 bits per heavy atom.